The van der Waals surface area contributed by atoms with Crippen molar-refractivity contribution < 1.29 is 19.1 Å². The van der Waals surface area contributed by atoms with E-state index in [9.17, 15) is 9.59 Å². The van der Waals surface area contributed by atoms with Crippen molar-refractivity contribution in [2.24, 2.45) is 5.92 Å². The molecular formula is C15H27NO4. The van der Waals surface area contributed by atoms with Gasteiger partial charge in [-0.3, -0.25) is 9.59 Å². The van der Waals surface area contributed by atoms with Crippen molar-refractivity contribution in [2.75, 3.05) is 33.4 Å². The van der Waals surface area contributed by atoms with Crippen molar-refractivity contribution in [1.29, 1.82) is 0 Å². The highest BCUT2D eigenvalue weighted by Crippen LogP contribution is 2.25. The topological polar surface area (TPSA) is 55.8 Å². The Morgan fingerprint density at radius 1 is 1.15 bits per heavy atom. The van der Waals surface area contributed by atoms with E-state index in [2.05, 4.69) is 0 Å². The van der Waals surface area contributed by atoms with E-state index in [0.29, 0.717) is 26.3 Å². The summed E-state index contributed by atoms with van der Waals surface area (Å²) in [4.78, 5) is 25.7. The van der Waals surface area contributed by atoms with Crippen molar-refractivity contribution in [2.45, 2.75) is 45.4 Å². The van der Waals surface area contributed by atoms with Crippen LogP contribution < -0.4 is 0 Å². The Morgan fingerprint density at radius 3 is 2.45 bits per heavy atom. The molecule has 1 aliphatic carbocycles. The first-order chi connectivity index (χ1) is 9.69. The second kappa shape index (κ2) is 9.75. The summed E-state index contributed by atoms with van der Waals surface area (Å²) in [7, 11) is 1.62. The van der Waals surface area contributed by atoms with Crippen LogP contribution in [0.3, 0.4) is 0 Å². The fourth-order valence-corrected chi connectivity index (χ4v) is 2.60. The molecule has 0 aromatic carbocycles. The predicted octanol–water partition coefficient (Wildman–Crippen LogP) is 1.99. The summed E-state index contributed by atoms with van der Waals surface area (Å²) in [5.74, 6) is 0.0558. The van der Waals surface area contributed by atoms with Crippen LogP contribution in [0.1, 0.15) is 45.4 Å². The third kappa shape index (κ3) is 5.90. The molecule has 0 N–H and O–H groups in total. The maximum absolute atomic E-state index is 12.5. The normalized spacial score (nSPS) is 15.9. The van der Waals surface area contributed by atoms with Gasteiger partial charge in [0.1, 0.15) is 0 Å². The van der Waals surface area contributed by atoms with Crippen molar-refractivity contribution in [3.05, 3.63) is 0 Å². The first-order valence-corrected chi connectivity index (χ1v) is 7.62. The average Bonchev–Trinajstić information content (AvgIpc) is 2.48. The molecule has 1 aliphatic rings. The lowest BCUT2D eigenvalue weighted by Crippen LogP contribution is -2.40. The van der Waals surface area contributed by atoms with Gasteiger partial charge in [0.15, 0.2) is 0 Å². The Kier molecular flexibility index (Phi) is 8.26. The number of nitrogens with zero attached hydrogens (tertiary/aromatic N) is 1. The summed E-state index contributed by atoms with van der Waals surface area (Å²) in [6.07, 6.45) is 5.70. The van der Waals surface area contributed by atoms with Crippen molar-refractivity contribution >= 4 is 11.9 Å². The van der Waals surface area contributed by atoms with Crippen LogP contribution in [0.25, 0.3) is 0 Å². The summed E-state index contributed by atoms with van der Waals surface area (Å²) in [6.45, 7) is 3.64. The molecule has 1 fully saturated rings. The third-order valence-corrected chi connectivity index (χ3v) is 3.72. The Morgan fingerprint density at radius 2 is 1.85 bits per heavy atom. The smallest absolute Gasteiger partial charge is 0.307 e. The molecule has 0 saturated heterocycles. The molecule has 1 amide bonds. The van der Waals surface area contributed by atoms with E-state index in [4.69, 9.17) is 9.47 Å². The Hall–Kier alpha value is -1.10. The molecule has 1 saturated carbocycles. The lowest BCUT2D eigenvalue weighted by Gasteiger charge is -2.29. The maximum atomic E-state index is 12.5. The number of hydrogen-bond donors (Lipinski definition) is 0. The highest BCUT2D eigenvalue weighted by atomic mass is 16.5. The number of ether oxygens (including phenoxy) is 2. The number of carbonyl (C=O) groups excluding carboxylic acids is 2. The highest BCUT2D eigenvalue weighted by Gasteiger charge is 2.26. The zero-order valence-electron chi connectivity index (χ0n) is 12.7. The van der Waals surface area contributed by atoms with Gasteiger partial charge in [0.2, 0.25) is 5.91 Å². The average molecular weight is 285 g/mol. The molecule has 0 spiro atoms. The maximum Gasteiger partial charge on any atom is 0.307 e. The van der Waals surface area contributed by atoms with Gasteiger partial charge in [-0.1, -0.05) is 19.3 Å². The number of carbonyl (C=O) groups is 2. The Bertz CT molecular complexity index is 300. The van der Waals surface area contributed by atoms with Crippen LogP contribution in [0.15, 0.2) is 0 Å². The van der Waals surface area contributed by atoms with E-state index in [1.54, 1.807) is 18.9 Å². The second-order valence-electron chi connectivity index (χ2n) is 5.21. The number of hydrogen-bond acceptors (Lipinski definition) is 4. The van der Waals surface area contributed by atoms with Gasteiger partial charge >= 0.3 is 5.97 Å². The highest BCUT2D eigenvalue weighted by molar-refractivity contribution is 5.79. The minimum absolute atomic E-state index is 0.128. The summed E-state index contributed by atoms with van der Waals surface area (Å²) in [5, 5.41) is 0. The molecule has 0 bridgehead atoms. The molecule has 5 nitrogen and oxygen atoms in total. The van der Waals surface area contributed by atoms with E-state index in [1.807, 2.05) is 0 Å². The minimum atomic E-state index is -0.244. The van der Waals surface area contributed by atoms with E-state index in [0.717, 1.165) is 25.7 Å². The number of esters is 1. The van der Waals surface area contributed by atoms with Crippen LogP contribution in [-0.2, 0) is 19.1 Å². The molecule has 0 aliphatic heterocycles. The molecule has 0 unspecified atom stereocenters. The van der Waals surface area contributed by atoms with Gasteiger partial charge in [-0.05, 0) is 19.8 Å². The van der Waals surface area contributed by atoms with Crippen LogP contribution in [0, 0.1) is 5.92 Å². The predicted molar refractivity (Wildman–Crippen MR) is 76.3 cm³/mol. The first kappa shape index (κ1) is 17.0. The lowest BCUT2D eigenvalue weighted by atomic mass is 9.88. The van der Waals surface area contributed by atoms with E-state index in [-0.39, 0.29) is 24.2 Å². The summed E-state index contributed by atoms with van der Waals surface area (Å²) in [5.41, 5.74) is 0. The van der Waals surface area contributed by atoms with Gasteiger partial charge in [0.25, 0.3) is 0 Å². The summed E-state index contributed by atoms with van der Waals surface area (Å²) >= 11 is 0. The SMILES string of the molecule is CCOC(=O)CCN(CCOC)C(=O)C1CCCCC1. The van der Waals surface area contributed by atoms with Crippen LogP contribution in [0.2, 0.25) is 0 Å². The minimum Gasteiger partial charge on any atom is -0.466 e. The number of rotatable bonds is 8. The molecule has 0 atom stereocenters. The standard InChI is InChI=1S/C15H27NO4/c1-3-20-14(17)9-10-16(11-12-19-2)15(18)13-7-5-4-6-8-13/h13H,3-12H2,1-2H3. The molecule has 0 heterocycles. The molecular weight excluding hydrogens is 258 g/mol. The van der Waals surface area contributed by atoms with Crippen LogP contribution in [0.5, 0.6) is 0 Å². The third-order valence-electron chi connectivity index (χ3n) is 3.72. The molecule has 0 aromatic rings. The van der Waals surface area contributed by atoms with Crippen molar-refractivity contribution in [3.63, 3.8) is 0 Å². The van der Waals surface area contributed by atoms with Gasteiger partial charge in [0.05, 0.1) is 19.6 Å². The zero-order chi connectivity index (χ0) is 14.8. The fourth-order valence-electron chi connectivity index (χ4n) is 2.60. The zero-order valence-corrected chi connectivity index (χ0v) is 12.7. The molecule has 5 heteroatoms. The molecule has 20 heavy (non-hydrogen) atoms. The van der Waals surface area contributed by atoms with Crippen LogP contribution in [0.4, 0.5) is 0 Å². The lowest BCUT2D eigenvalue weighted by molar-refractivity contribution is -0.145. The van der Waals surface area contributed by atoms with Gasteiger partial charge in [-0.2, -0.15) is 0 Å². The quantitative estimate of drug-likeness (QED) is 0.640. The van der Waals surface area contributed by atoms with Gasteiger partial charge in [0, 0.05) is 26.1 Å². The largest absolute Gasteiger partial charge is 0.466 e. The summed E-state index contributed by atoms with van der Waals surface area (Å²) in [6, 6.07) is 0. The van der Waals surface area contributed by atoms with E-state index < -0.39 is 0 Å². The molecule has 116 valence electrons. The molecule has 0 aromatic heterocycles. The monoisotopic (exact) mass is 285 g/mol. The molecule has 0 radical (unpaired) electrons. The second-order valence-corrected chi connectivity index (χ2v) is 5.21. The first-order valence-electron chi connectivity index (χ1n) is 7.62. The van der Waals surface area contributed by atoms with Gasteiger partial charge in [-0.15, -0.1) is 0 Å². The van der Waals surface area contributed by atoms with Gasteiger partial charge < -0.3 is 14.4 Å². The van der Waals surface area contributed by atoms with E-state index in [1.165, 1.54) is 6.42 Å². The van der Waals surface area contributed by atoms with Crippen molar-refractivity contribution in [3.8, 4) is 0 Å². The number of methoxy groups -OCH3 is 1. The number of amides is 1. The van der Waals surface area contributed by atoms with Gasteiger partial charge in [-0.25, -0.2) is 0 Å². The van der Waals surface area contributed by atoms with Crippen molar-refractivity contribution in [1.82, 2.24) is 4.90 Å². The van der Waals surface area contributed by atoms with Crippen LogP contribution >= 0.6 is 0 Å². The Labute approximate surface area is 121 Å². The Balaban J connectivity index is 2.48. The summed E-state index contributed by atoms with van der Waals surface area (Å²) < 4.78 is 9.97. The van der Waals surface area contributed by atoms with Crippen LogP contribution in [-0.4, -0.2) is 50.2 Å². The van der Waals surface area contributed by atoms with E-state index >= 15 is 0 Å². The fraction of sp³-hybridized carbons (Fsp3) is 0.867. The molecule has 1 rings (SSSR count).